The lowest BCUT2D eigenvalue weighted by Crippen LogP contribution is -2.33. The molecule has 1 fully saturated rings. The normalized spacial score (nSPS) is 18.0. The maximum absolute atomic E-state index is 12.1. The summed E-state index contributed by atoms with van der Waals surface area (Å²) < 4.78 is 0. The van der Waals surface area contributed by atoms with E-state index >= 15 is 0 Å². The number of amides is 2. The minimum absolute atomic E-state index is 0.0679. The molecule has 2 amide bonds. The molecule has 1 heterocycles. The van der Waals surface area contributed by atoms with Gasteiger partial charge in [-0.05, 0) is 12.8 Å². The van der Waals surface area contributed by atoms with Crippen LogP contribution in [0.4, 0.5) is 0 Å². The fraction of sp³-hybridized carbons (Fsp3) is 0.889. The Hall–Kier alpha value is -1.06. The van der Waals surface area contributed by atoms with E-state index in [1.54, 1.807) is 0 Å². The van der Waals surface area contributed by atoms with E-state index in [1.165, 1.54) is 44.9 Å². The average Bonchev–Trinajstić information content (AvgIpc) is 2.88. The summed E-state index contributed by atoms with van der Waals surface area (Å²) in [6.45, 7) is 6.58. The molecule has 1 unspecified atom stereocenters. The van der Waals surface area contributed by atoms with Crippen molar-refractivity contribution in [3.05, 3.63) is 0 Å². The lowest BCUT2D eigenvalue weighted by Gasteiger charge is -2.16. The fourth-order valence-electron chi connectivity index (χ4n) is 2.98. The van der Waals surface area contributed by atoms with Gasteiger partial charge >= 0.3 is 0 Å². The topological polar surface area (TPSA) is 49.4 Å². The van der Waals surface area contributed by atoms with Crippen molar-refractivity contribution in [3.8, 4) is 0 Å². The van der Waals surface area contributed by atoms with E-state index in [-0.39, 0.29) is 17.7 Å². The lowest BCUT2D eigenvalue weighted by atomic mass is 10.1. The molecule has 0 aromatic rings. The van der Waals surface area contributed by atoms with E-state index in [4.69, 9.17) is 0 Å². The molecule has 1 rings (SSSR count). The molecule has 22 heavy (non-hydrogen) atoms. The predicted octanol–water partition coefficient (Wildman–Crippen LogP) is 3.50. The van der Waals surface area contributed by atoms with E-state index in [0.717, 1.165) is 25.9 Å². The van der Waals surface area contributed by atoms with Crippen molar-refractivity contribution in [1.82, 2.24) is 10.2 Å². The van der Waals surface area contributed by atoms with Crippen LogP contribution in [-0.4, -0.2) is 36.3 Å². The third-order valence-electron chi connectivity index (χ3n) is 4.45. The van der Waals surface area contributed by atoms with Crippen LogP contribution in [-0.2, 0) is 9.59 Å². The second-order valence-corrected chi connectivity index (χ2v) is 6.51. The van der Waals surface area contributed by atoms with Crippen LogP contribution in [0.2, 0.25) is 0 Å². The molecule has 0 aliphatic carbocycles. The van der Waals surface area contributed by atoms with Gasteiger partial charge in [-0.3, -0.25) is 9.59 Å². The zero-order chi connectivity index (χ0) is 16.2. The second-order valence-electron chi connectivity index (χ2n) is 6.51. The summed E-state index contributed by atoms with van der Waals surface area (Å²) >= 11 is 0. The number of nitrogens with zero attached hydrogens (tertiary/aromatic N) is 1. The Kier molecular flexibility index (Phi) is 9.93. The Morgan fingerprint density at radius 2 is 1.68 bits per heavy atom. The number of rotatable bonds is 12. The minimum Gasteiger partial charge on any atom is -0.356 e. The molecule has 0 aromatic heterocycles. The van der Waals surface area contributed by atoms with Gasteiger partial charge in [-0.25, -0.2) is 0 Å². The molecule has 1 saturated heterocycles. The van der Waals surface area contributed by atoms with Crippen LogP contribution < -0.4 is 5.32 Å². The third-order valence-corrected chi connectivity index (χ3v) is 4.45. The number of hydrogen-bond donors (Lipinski definition) is 1. The standard InChI is InChI=1S/C18H34N2O2/c1-3-5-7-9-11-13-20-15-16(14-17(20)21)18(22)19-12-10-8-6-4-2/h16H,3-15H2,1-2H3,(H,19,22). The first-order valence-electron chi connectivity index (χ1n) is 9.24. The first-order chi connectivity index (χ1) is 10.7. The van der Waals surface area contributed by atoms with Crippen molar-refractivity contribution in [2.24, 2.45) is 5.92 Å². The van der Waals surface area contributed by atoms with Gasteiger partial charge in [0.1, 0.15) is 0 Å². The van der Waals surface area contributed by atoms with E-state index in [9.17, 15) is 9.59 Å². The van der Waals surface area contributed by atoms with Crippen LogP contribution >= 0.6 is 0 Å². The average molecular weight is 310 g/mol. The quantitative estimate of drug-likeness (QED) is 0.561. The number of carbonyl (C=O) groups is 2. The fourth-order valence-corrected chi connectivity index (χ4v) is 2.98. The van der Waals surface area contributed by atoms with Crippen molar-refractivity contribution in [3.63, 3.8) is 0 Å². The summed E-state index contributed by atoms with van der Waals surface area (Å²) in [6, 6.07) is 0. The molecule has 128 valence electrons. The molecular weight excluding hydrogens is 276 g/mol. The molecule has 0 radical (unpaired) electrons. The van der Waals surface area contributed by atoms with Gasteiger partial charge in [-0.15, -0.1) is 0 Å². The highest BCUT2D eigenvalue weighted by molar-refractivity contribution is 5.89. The van der Waals surface area contributed by atoms with Crippen LogP contribution in [0.3, 0.4) is 0 Å². The van der Waals surface area contributed by atoms with Gasteiger partial charge < -0.3 is 10.2 Å². The summed E-state index contributed by atoms with van der Waals surface area (Å²) in [4.78, 5) is 25.9. The van der Waals surface area contributed by atoms with Gasteiger partial charge in [0.25, 0.3) is 0 Å². The Balaban J connectivity index is 2.16. The van der Waals surface area contributed by atoms with E-state index in [1.807, 2.05) is 4.90 Å². The molecule has 0 bridgehead atoms. The summed E-state index contributed by atoms with van der Waals surface area (Å²) in [6.07, 6.45) is 11.1. The molecule has 1 atom stereocenters. The van der Waals surface area contributed by atoms with Gasteiger partial charge in [-0.2, -0.15) is 0 Å². The highest BCUT2D eigenvalue weighted by Gasteiger charge is 2.33. The van der Waals surface area contributed by atoms with Gasteiger partial charge in [0.2, 0.25) is 11.8 Å². The van der Waals surface area contributed by atoms with Crippen LogP contribution in [0.25, 0.3) is 0 Å². The summed E-state index contributed by atoms with van der Waals surface area (Å²) in [7, 11) is 0. The number of likely N-dealkylation sites (tertiary alicyclic amines) is 1. The summed E-state index contributed by atoms with van der Waals surface area (Å²) in [5.74, 6) is 0.0919. The van der Waals surface area contributed by atoms with Crippen molar-refractivity contribution in [2.75, 3.05) is 19.6 Å². The van der Waals surface area contributed by atoms with Gasteiger partial charge in [0.05, 0.1) is 5.92 Å². The van der Waals surface area contributed by atoms with E-state index in [0.29, 0.717) is 13.0 Å². The van der Waals surface area contributed by atoms with Crippen LogP contribution in [0, 0.1) is 5.92 Å². The number of nitrogens with one attached hydrogen (secondary N) is 1. The smallest absolute Gasteiger partial charge is 0.225 e. The molecule has 1 N–H and O–H groups in total. The molecule has 1 aliphatic rings. The Morgan fingerprint density at radius 3 is 2.36 bits per heavy atom. The predicted molar refractivity (Wildman–Crippen MR) is 90.6 cm³/mol. The zero-order valence-corrected chi connectivity index (χ0v) is 14.5. The van der Waals surface area contributed by atoms with Crippen molar-refractivity contribution in [1.29, 1.82) is 0 Å². The van der Waals surface area contributed by atoms with Crippen molar-refractivity contribution >= 4 is 11.8 Å². The Labute approximate surface area is 136 Å². The molecular formula is C18H34N2O2. The monoisotopic (exact) mass is 310 g/mol. The van der Waals surface area contributed by atoms with Crippen molar-refractivity contribution in [2.45, 2.75) is 78.1 Å². The molecule has 4 heteroatoms. The molecule has 0 aromatic carbocycles. The Morgan fingerprint density at radius 1 is 1.05 bits per heavy atom. The zero-order valence-electron chi connectivity index (χ0n) is 14.5. The molecule has 0 spiro atoms. The second kappa shape index (κ2) is 11.5. The number of hydrogen-bond acceptors (Lipinski definition) is 2. The SMILES string of the molecule is CCCCCCCN1CC(C(=O)NCCCCCC)CC1=O. The molecule has 0 saturated carbocycles. The third kappa shape index (κ3) is 7.28. The lowest BCUT2D eigenvalue weighted by molar-refractivity contribution is -0.129. The molecule has 1 aliphatic heterocycles. The van der Waals surface area contributed by atoms with Gasteiger partial charge in [0, 0.05) is 26.1 Å². The van der Waals surface area contributed by atoms with Crippen molar-refractivity contribution < 1.29 is 9.59 Å². The van der Waals surface area contributed by atoms with E-state index in [2.05, 4.69) is 19.2 Å². The maximum Gasteiger partial charge on any atom is 0.225 e. The van der Waals surface area contributed by atoms with Crippen LogP contribution in [0.15, 0.2) is 0 Å². The van der Waals surface area contributed by atoms with Crippen LogP contribution in [0.5, 0.6) is 0 Å². The first kappa shape index (κ1) is 19.0. The van der Waals surface area contributed by atoms with Gasteiger partial charge in [0.15, 0.2) is 0 Å². The summed E-state index contributed by atoms with van der Waals surface area (Å²) in [5, 5.41) is 2.99. The largest absolute Gasteiger partial charge is 0.356 e. The maximum atomic E-state index is 12.1. The first-order valence-corrected chi connectivity index (χ1v) is 9.24. The summed E-state index contributed by atoms with van der Waals surface area (Å²) in [5.41, 5.74) is 0. The highest BCUT2D eigenvalue weighted by atomic mass is 16.2. The van der Waals surface area contributed by atoms with E-state index < -0.39 is 0 Å². The highest BCUT2D eigenvalue weighted by Crippen LogP contribution is 2.19. The van der Waals surface area contributed by atoms with Gasteiger partial charge in [-0.1, -0.05) is 58.8 Å². The Bertz CT molecular complexity index is 331. The minimum atomic E-state index is -0.130. The van der Waals surface area contributed by atoms with Crippen LogP contribution in [0.1, 0.15) is 78.1 Å². The molecule has 4 nitrogen and oxygen atoms in total. The number of carbonyl (C=O) groups excluding carboxylic acids is 2. The number of unbranched alkanes of at least 4 members (excludes halogenated alkanes) is 7.